The molecule has 17 heavy (non-hydrogen) atoms. The van der Waals surface area contributed by atoms with Gasteiger partial charge >= 0.3 is 5.97 Å². The summed E-state index contributed by atoms with van der Waals surface area (Å²) < 4.78 is 0. The molecule has 0 saturated heterocycles. The zero-order chi connectivity index (χ0) is 12.9. The molecule has 0 rings (SSSR count). The third-order valence-electron chi connectivity index (χ3n) is 2.59. The molecule has 0 atom stereocenters. The van der Waals surface area contributed by atoms with Crippen LogP contribution in [0.4, 0.5) is 0 Å². The van der Waals surface area contributed by atoms with Crippen LogP contribution < -0.4 is 11.5 Å². The molecule has 0 aliphatic carbocycles. The Morgan fingerprint density at radius 3 is 1.82 bits per heavy atom. The molecule has 0 spiro atoms. The number of rotatable bonds is 11. The van der Waals surface area contributed by atoms with Gasteiger partial charge < -0.3 is 16.6 Å². The summed E-state index contributed by atoms with van der Waals surface area (Å²) in [6.07, 6.45) is 9.10. The molecule has 0 unspecified atom stereocenters. The number of guanidine groups is 1. The normalized spacial score (nSPS) is 10.1. The molecule has 5 N–H and O–H groups in total. The van der Waals surface area contributed by atoms with E-state index < -0.39 is 5.97 Å². The summed E-state index contributed by atoms with van der Waals surface area (Å²) >= 11 is 0. The minimum Gasteiger partial charge on any atom is -0.481 e. The van der Waals surface area contributed by atoms with E-state index in [1.165, 1.54) is 19.3 Å². The highest BCUT2D eigenvalue weighted by molar-refractivity contribution is 5.75. The summed E-state index contributed by atoms with van der Waals surface area (Å²) in [5, 5.41) is 8.45. The van der Waals surface area contributed by atoms with Crippen molar-refractivity contribution in [2.75, 3.05) is 6.54 Å². The van der Waals surface area contributed by atoms with E-state index in [9.17, 15) is 4.79 Å². The average molecular weight is 243 g/mol. The van der Waals surface area contributed by atoms with Crippen LogP contribution in [0.5, 0.6) is 0 Å². The van der Waals surface area contributed by atoms with Gasteiger partial charge in [-0.1, -0.05) is 38.5 Å². The molecule has 0 aromatic heterocycles. The van der Waals surface area contributed by atoms with Crippen molar-refractivity contribution in [3.63, 3.8) is 0 Å². The van der Waals surface area contributed by atoms with Crippen molar-refractivity contribution in [3.05, 3.63) is 0 Å². The van der Waals surface area contributed by atoms with Gasteiger partial charge in [-0.15, -0.1) is 0 Å². The predicted molar refractivity (Wildman–Crippen MR) is 69.9 cm³/mol. The van der Waals surface area contributed by atoms with E-state index in [0.29, 0.717) is 6.42 Å². The van der Waals surface area contributed by atoms with Crippen molar-refractivity contribution in [3.8, 4) is 0 Å². The Labute approximate surface area is 103 Å². The fourth-order valence-electron chi connectivity index (χ4n) is 1.66. The van der Waals surface area contributed by atoms with Crippen molar-refractivity contribution in [1.29, 1.82) is 0 Å². The first-order chi connectivity index (χ1) is 8.13. The fraction of sp³-hybridized carbons (Fsp3) is 0.833. The zero-order valence-electron chi connectivity index (χ0n) is 10.5. The number of carboxylic acid groups (broad SMARTS) is 1. The first-order valence-electron chi connectivity index (χ1n) is 6.40. The molecule has 0 bridgehead atoms. The van der Waals surface area contributed by atoms with Crippen LogP contribution in [-0.4, -0.2) is 23.6 Å². The molecule has 0 fully saturated rings. The van der Waals surface area contributed by atoms with Gasteiger partial charge in [0.25, 0.3) is 0 Å². The van der Waals surface area contributed by atoms with Crippen LogP contribution in [0.3, 0.4) is 0 Å². The molecule has 0 heterocycles. The maximum atomic E-state index is 10.3. The molecule has 0 saturated carbocycles. The van der Waals surface area contributed by atoms with E-state index in [-0.39, 0.29) is 5.96 Å². The Morgan fingerprint density at radius 2 is 1.35 bits per heavy atom. The number of carbonyl (C=O) groups is 1. The quantitative estimate of drug-likeness (QED) is 0.293. The Hall–Kier alpha value is -1.26. The lowest BCUT2D eigenvalue weighted by molar-refractivity contribution is -0.137. The minimum absolute atomic E-state index is 0.170. The standard InChI is InChI=1S/C12H25N3O2/c13-12(14)15-10-8-6-4-2-1-3-5-7-9-11(16)17/h1-10H2,(H,16,17)(H4,13,14,15). The summed E-state index contributed by atoms with van der Waals surface area (Å²) in [6.45, 7) is 0.723. The van der Waals surface area contributed by atoms with Gasteiger partial charge in [-0.25, -0.2) is 0 Å². The maximum absolute atomic E-state index is 10.3. The third-order valence-corrected chi connectivity index (χ3v) is 2.59. The fourth-order valence-corrected chi connectivity index (χ4v) is 1.66. The molecule has 0 amide bonds. The van der Waals surface area contributed by atoms with E-state index in [4.69, 9.17) is 16.6 Å². The van der Waals surface area contributed by atoms with E-state index in [1.807, 2.05) is 0 Å². The van der Waals surface area contributed by atoms with Crippen LogP contribution in [-0.2, 0) is 4.79 Å². The van der Waals surface area contributed by atoms with Crippen LogP contribution in [0.15, 0.2) is 4.99 Å². The van der Waals surface area contributed by atoms with Gasteiger partial charge in [-0.2, -0.15) is 0 Å². The van der Waals surface area contributed by atoms with E-state index in [2.05, 4.69) is 4.99 Å². The number of hydrogen-bond acceptors (Lipinski definition) is 2. The second-order valence-electron chi connectivity index (χ2n) is 4.28. The van der Waals surface area contributed by atoms with Crippen LogP contribution in [0.25, 0.3) is 0 Å². The SMILES string of the molecule is NC(N)=NCCCCCCCCCCC(=O)O. The topological polar surface area (TPSA) is 102 Å². The van der Waals surface area contributed by atoms with E-state index in [1.54, 1.807) is 0 Å². The number of aliphatic imine (C=N–C) groups is 1. The Kier molecular flexibility index (Phi) is 10.4. The van der Waals surface area contributed by atoms with Crippen LogP contribution in [0.1, 0.15) is 57.8 Å². The van der Waals surface area contributed by atoms with Crippen LogP contribution in [0.2, 0.25) is 0 Å². The second-order valence-corrected chi connectivity index (χ2v) is 4.28. The monoisotopic (exact) mass is 243 g/mol. The molecule has 0 aliphatic heterocycles. The first-order valence-corrected chi connectivity index (χ1v) is 6.40. The smallest absolute Gasteiger partial charge is 0.303 e. The number of unbranched alkanes of at least 4 members (excludes halogenated alkanes) is 7. The zero-order valence-corrected chi connectivity index (χ0v) is 10.5. The van der Waals surface area contributed by atoms with Crippen LogP contribution in [0, 0.1) is 0 Å². The number of nitrogens with zero attached hydrogens (tertiary/aromatic N) is 1. The molecule has 5 heteroatoms. The number of hydrogen-bond donors (Lipinski definition) is 3. The lowest BCUT2D eigenvalue weighted by atomic mass is 10.1. The minimum atomic E-state index is -0.690. The molecule has 0 aromatic carbocycles. The van der Waals surface area contributed by atoms with Crippen molar-refractivity contribution in [1.82, 2.24) is 0 Å². The largest absolute Gasteiger partial charge is 0.481 e. The predicted octanol–water partition coefficient (Wildman–Crippen LogP) is 1.86. The number of aliphatic carboxylic acids is 1. The molecule has 0 radical (unpaired) electrons. The maximum Gasteiger partial charge on any atom is 0.303 e. The summed E-state index contributed by atoms with van der Waals surface area (Å²) in [7, 11) is 0. The van der Waals surface area contributed by atoms with Gasteiger partial charge in [-0.05, 0) is 12.8 Å². The van der Waals surface area contributed by atoms with Gasteiger partial charge in [0.2, 0.25) is 0 Å². The molecule has 100 valence electrons. The van der Waals surface area contributed by atoms with Crippen molar-refractivity contribution in [2.45, 2.75) is 57.8 Å². The number of nitrogens with two attached hydrogens (primary N) is 2. The second kappa shape index (κ2) is 11.2. The van der Waals surface area contributed by atoms with Gasteiger partial charge in [-0.3, -0.25) is 9.79 Å². The molecular formula is C12H25N3O2. The average Bonchev–Trinajstić information content (AvgIpc) is 2.25. The van der Waals surface area contributed by atoms with Gasteiger partial charge in [0.15, 0.2) is 5.96 Å². The van der Waals surface area contributed by atoms with Gasteiger partial charge in [0.05, 0.1) is 0 Å². The summed E-state index contributed by atoms with van der Waals surface area (Å²) in [5.74, 6) is -0.520. The Bertz CT molecular complexity index is 226. The molecular weight excluding hydrogens is 218 g/mol. The van der Waals surface area contributed by atoms with Crippen LogP contribution >= 0.6 is 0 Å². The van der Waals surface area contributed by atoms with Gasteiger partial charge in [0.1, 0.15) is 0 Å². The highest BCUT2D eigenvalue weighted by Gasteiger charge is 1.96. The Morgan fingerprint density at radius 1 is 0.882 bits per heavy atom. The molecule has 0 aromatic rings. The van der Waals surface area contributed by atoms with Crippen molar-refractivity contribution >= 4 is 11.9 Å². The van der Waals surface area contributed by atoms with Crippen molar-refractivity contribution < 1.29 is 9.90 Å². The summed E-state index contributed by atoms with van der Waals surface area (Å²) in [6, 6.07) is 0. The van der Waals surface area contributed by atoms with Gasteiger partial charge in [0, 0.05) is 13.0 Å². The Balaban J connectivity index is 3.04. The summed E-state index contributed by atoms with van der Waals surface area (Å²) in [4.78, 5) is 14.2. The third kappa shape index (κ3) is 14.7. The molecule has 0 aliphatic rings. The number of carboxylic acids is 1. The highest BCUT2D eigenvalue weighted by atomic mass is 16.4. The molecule has 5 nitrogen and oxygen atoms in total. The van der Waals surface area contributed by atoms with Crippen molar-refractivity contribution in [2.24, 2.45) is 16.5 Å². The highest BCUT2D eigenvalue weighted by Crippen LogP contribution is 2.09. The van der Waals surface area contributed by atoms with E-state index >= 15 is 0 Å². The lowest BCUT2D eigenvalue weighted by Gasteiger charge is -2.00. The van der Waals surface area contributed by atoms with E-state index in [0.717, 1.165) is 38.6 Å². The first kappa shape index (κ1) is 15.7. The lowest BCUT2D eigenvalue weighted by Crippen LogP contribution is -2.22. The summed E-state index contributed by atoms with van der Waals surface area (Å²) in [5.41, 5.74) is 10.4.